The number of hydrogen-bond donors (Lipinski definition) is 1. The van der Waals surface area contributed by atoms with Gasteiger partial charge in [-0.1, -0.05) is 26.0 Å². The van der Waals surface area contributed by atoms with Gasteiger partial charge in [0.05, 0.1) is 18.8 Å². The Morgan fingerprint density at radius 3 is 2.56 bits per heavy atom. The Morgan fingerprint density at radius 1 is 1.28 bits per heavy atom. The van der Waals surface area contributed by atoms with Crippen LogP contribution in [0.5, 0.6) is 0 Å². The van der Waals surface area contributed by atoms with Gasteiger partial charge in [0.15, 0.2) is 0 Å². The molecule has 1 fully saturated rings. The molecule has 1 heterocycles. The van der Waals surface area contributed by atoms with Crippen LogP contribution in [0.4, 0.5) is 4.79 Å². The fourth-order valence-electron chi connectivity index (χ4n) is 2.10. The molecule has 1 amide bonds. The summed E-state index contributed by atoms with van der Waals surface area (Å²) in [5, 5.41) is 0. The molecule has 140 valence electrons. The van der Waals surface area contributed by atoms with E-state index in [1.807, 2.05) is 13.8 Å². The molecule has 0 spiro atoms. The van der Waals surface area contributed by atoms with Gasteiger partial charge in [-0.15, -0.1) is 0 Å². The number of amides is 1. The summed E-state index contributed by atoms with van der Waals surface area (Å²) in [6.07, 6.45) is 0.372. The quantitative estimate of drug-likeness (QED) is 0.787. The van der Waals surface area contributed by atoms with Crippen molar-refractivity contribution >= 4 is 22.1 Å². The van der Waals surface area contributed by atoms with E-state index in [0.29, 0.717) is 6.61 Å². The van der Waals surface area contributed by atoms with Gasteiger partial charge in [0, 0.05) is 6.61 Å². The average molecular weight is 373 g/mol. The zero-order chi connectivity index (χ0) is 18.9. The summed E-state index contributed by atoms with van der Waals surface area (Å²) in [5.41, 5.74) is -0.165. The van der Waals surface area contributed by atoms with E-state index in [9.17, 15) is 18.0 Å². The maximum atomic E-state index is 12.1. The third-order valence-corrected chi connectivity index (χ3v) is 4.59. The van der Waals surface area contributed by atoms with E-state index in [2.05, 4.69) is 4.74 Å². The number of esters is 1. The van der Waals surface area contributed by atoms with E-state index < -0.39 is 22.1 Å². The molecule has 1 aliphatic heterocycles. The predicted molar refractivity (Wildman–Crippen MR) is 89.8 cm³/mol. The second-order valence-electron chi connectivity index (χ2n) is 4.83. The van der Waals surface area contributed by atoms with Gasteiger partial charge in [0.2, 0.25) is 0 Å². The summed E-state index contributed by atoms with van der Waals surface area (Å²) in [5.74, 6) is -0.800. The zero-order valence-corrected chi connectivity index (χ0v) is 15.3. The van der Waals surface area contributed by atoms with E-state index in [-0.39, 0.29) is 23.2 Å². The number of carbonyl (C=O) groups excluding carboxylic acids is 2. The SMILES string of the molecule is CC.COC(=O)NS(=O)(=O)c1ccccc1C(=O)OCC1CCCO1. The molecule has 1 saturated heterocycles. The first-order valence-corrected chi connectivity index (χ1v) is 9.41. The van der Waals surface area contributed by atoms with Crippen molar-refractivity contribution in [2.75, 3.05) is 20.3 Å². The molecule has 9 heteroatoms. The highest BCUT2D eigenvalue weighted by molar-refractivity contribution is 7.90. The van der Waals surface area contributed by atoms with Crippen LogP contribution in [-0.2, 0) is 24.2 Å². The molecular weight excluding hydrogens is 350 g/mol. The first-order valence-electron chi connectivity index (χ1n) is 7.92. The lowest BCUT2D eigenvalue weighted by Gasteiger charge is -2.13. The molecule has 1 unspecified atom stereocenters. The summed E-state index contributed by atoms with van der Waals surface area (Å²) in [6, 6.07) is 5.44. The molecule has 2 rings (SSSR count). The number of sulfonamides is 1. The molecule has 25 heavy (non-hydrogen) atoms. The highest BCUT2D eigenvalue weighted by atomic mass is 32.2. The lowest BCUT2D eigenvalue weighted by Crippen LogP contribution is -2.31. The summed E-state index contributed by atoms with van der Waals surface area (Å²) in [7, 11) is -3.21. The van der Waals surface area contributed by atoms with Crippen LogP contribution >= 0.6 is 0 Å². The van der Waals surface area contributed by atoms with Crippen LogP contribution in [0.2, 0.25) is 0 Å². The molecule has 0 aliphatic carbocycles. The minimum absolute atomic E-state index is 0.0532. The number of ether oxygens (including phenoxy) is 3. The molecule has 1 atom stereocenters. The normalized spacial score (nSPS) is 16.4. The minimum atomic E-state index is -4.24. The van der Waals surface area contributed by atoms with Crippen molar-refractivity contribution in [3.8, 4) is 0 Å². The van der Waals surface area contributed by atoms with Crippen LogP contribution in [0.15, 0.2) is 29.2 Å². The second kappa shape index (κ2) is 10.00. The van der Waals surface area contributed by atoms with Crippen molar-refractivity contribution in [3.63, 3.8) is 0 Å². The number of rotatable bonds is 5. The zero-order valence-electron chi connectivity index (χ0n) is 14.5. The standard InChI is InChI=1S/C14H17NO7S.C2H6/c1-20-14(17)15-23(18,19)12-7-3-2-6-11(12)13(16)22-9-10-5-4-8-21-10;1-2/h2-3,6-7,10H,4-5,8-9H2,1H3,(H,15,17);1-2H3. The van der Waals surface area contributed by atoms with E-state index in [4.69, 9.17) is 9.47 Å². The molecule has 0 aromatic heterocycles. The molecule has 0 radical (unpaired) electrons. The molecule has 1 aromatic rings. The molecule has 0 bridgehead atoms. The number of nitrogens with one attached hydrogen (secondary N) is 1. The van der Waals surface area contributed by atoms with Gasteiger partial charge in [-0.2, -0.15) is 0 Å². The van der Waals surface area contributed by atoms with Gasteiger partial charge in [-0.25, -0.2) is 22.7 Å². The summed E-state index contributed by atoms with van der Waals surface area (Å²) in [6.45, 7) is 4.67. The monoisotopic (exact) mass is 373 g/mol. The fourth-order valence-corrected chi connectivity index (χ4v) is 3.21. The van der Waals surface area contributed by atoms with E-state index in [1.54, 1.807) is 4.72 Å². The largest absolute Gasteiger partial charge is 0.459 e. The maximum Gasteiger partial charge on any atom is 0.420 e. The van der Waals surface area contributed by atoms with E-state index in [1.165, 1.54) is 24.3 Å². The molecule has 1 N–H and O–H groups in total. The Hall–Kier alpha value is -2.13. The van der Waals surface area contributed by atoms with Crippen molar-refractivity contribution in [3.05, 3.63) is 29.8 Å². The molecule has 8 nitrogen and oxygen atoms in total. The third-order valence-electron chi connectivity index (χ3n) is 3.22. The highest BCUT2D eigenvalue weighted by Gasteiger charge is 2.26. The maximum absolute atomic E-state index is 12.1. The van der Waals surface area contributed by atoms with Gasteiger partial charge in [0.25, 0.3) is 10.0 Å². The molecule has 1 aliphatic rings. The molecule has 0 saturated carbocycles. The first-order chi connectivity index (χ1) is 11.9. The number of hydrogen-bond acceptors (Lipinski definition) is 7. The van der Waals surface area contributed by atoms with Crippen molar-refractivity contribution < 1.29 is 32.2 Å². The van der Waals surface area contributed by atoms with Crippen molar-refractivity contribution in [1.29, 1.82) is 0 Å². The van der Waals surface area contributed by atoms with Crippen molar-refractivity contribution in [1.82, 2.24) is 4.72 Å². The molecule has 1 aromatic carbocycles. The van der Waals surface area contributed by atoms with Gasteiger partial charge in [-0.3, -0.25) is 0 Å². The Bertz CT molecular complexity index is 681. The van der Waals surface area contributed by atoms with E-state index in [0.717, 1.165) is 20.0 Å². The summed E-state index contributed by atoms with van der Waals surface area (Å²) < 4.78 is 40.7. The van der Waals surface area contributed by atoms with Crippen LogP contribution in [-0.4, -0.2) is 46.9 Å². The lowest BCUT2D eigenvalue weighted by atomic mass is 10.2. The Morgan fingerprint density at radius 2 is 1.96 bits per heavy atom. The Kier molecular flexibility index (Phi) is 8.36. The van der Waals surface area contributed by atoms with E-state index >= 15 is 0 Å². The van der Waals surface area contributed by atoms with Crippen LogP contribution in [0.25, 0.3) is 0 Å². The Balaban J connectivity index is 0.00000151. The summed E-state index contributed by atoms with van der Waals surface area (Å²) in [4.78, 5) is 22.9. The average Bonchev–Trinajstić information content (AvgIpc) is 3.14. The number of carbonyl (C=O) groups is 2. The third kappa shape index (κ3) is 6.02. The number of benzene rings is 1. The van der Waals surface area contributed by atoms with Gasteiger partial charge in [-0.05, 0) is 25.0 Å². The van der Waals surface area contributed by atoms with Crippen LogP contribution in [0, 0.1) is 0 Å². The van der Waals surface area contributed by atoms with Gasteiger partial charge < -0.3 is 14.2 Å². The second-order valence-corrected chi connectivity index (χ2v) is 6.48. The van der Waals surface area contributed by atoms with Crippen LogP contribution < -0.4 is 4.72 Å². The smallest absolute Gasteiger partial charge is 0.420 e. The molecular formula is C16H23NO7S. The van der Waals surface area contributed by atoms with Crippen LogP contribution in [0.1, 0.15) is 37.0 Å². The highest BCUT2D eigenvalue weighted by Crippen LogP contribution is 2.18. The summed E-state index contributed by atoms with van der Waals surface area (Å²) >= 11 is 0. The van der Waals surface area contributed by atoms with Crippen LogP contribution in [0.3, 0.4) is 0 Å². The minimum Gasteiger partial charge on any atom is -0.459 e. The first kappa shape index (κ1) is 20.9. The van der Waals surface area contributed by atoms with Gasteiger partial charge >= 0.3 is 12.1 Å². The Labute approximate surface area is 147 Å². The predicted octanol–water partition coefficient (Wildman–Crippen LogP) is 2.09. The van der Waals surface area contributed by atoms with Gasteiger partial charge in [0.1, 0.15) is 11.5 Å². The fraction of sp³-hybridized carbons (Fsp3) is 0.500. The topological polar surface area (TPSA) is 108 Å². The lowest BCUT2D eigenvalue weighted by molar-refractivity contribution is 0.0158. The van der Waals surface area contributed by atoms with Crippen molar-refractivity contribution in [2.24, 2.45) is 0 Å². The number of methoxy groups -OCH3 is 1. The van der Waals surface area contributed by atoms with Crippen molar-refractivity contribution in [2.45, 2.75) is 37.7 Å².